The van der Waals surface area contributed by atoms with Crippen molar-refractivity contribution >= 4 is 26.7 Å². The molecule has 0 aliphatic carbocycles. The maximum atomic E-state index is 12.5. The second-order valence-corrected chi connectivity index (χ2v) is 6.79. The van der Waals surface area contributed by atoms with Crippen molar-refractivity contribution in [2.75, 3.05) is 4.72 Å². The first-order chi connectivity index (χ1) is 10.5. The van der Waals surface area contributed by atoms with Crippen LogP contribution in [-0.2, 0) is 10.0 Å². The summed E-state index contributed by atoms with van der Waals surface area (Å²) in [5.41, 5.74) is 3.82. The van der Waals surface area contributed by atoms with Gasteiger partial charge in [-0.15, -0.1) is 0 Å². The molecule has 0 aliphatic rings. The van der Waals surface area contributed by atoms with Crippen molar-refractivity contribution in [2.24, 2.45) is 0 Å². The van der Waals surface area contributed by atoms with Crippen LogP contribution in [0.2, 0.25) is 0 Å². The summed E-state index contributed by atoms with van der Waals surface area (Å²) >= 11 is 0. The number of nitrogens with zero attached hydrogens (tertiary/aromatic N) is 2. The molecule has 0 spiro atoms. The van der Waals surface area contributed by atoms with Gasteiger partial charge in [0.05, 0.1) is 21.6 Å². The summed E-state index contributed by atoms with van der Waals surface area (Å²) in [6.45, 7) is 3.83. The van der Waals surface area contributed by atoms with E-state index >= 15 is 0 Å². The van der Waals surface area contributed by atoms with E-state index in [2.05, 4.69) is 14.7 Å². The molecule has 0 radical (unpaired) electrons. The Labute approximate surface area is 129 Å². The minimum absolute atomic E-state index is 0.245. The Morgan fingerprint density at radius 2 is 1.59 bits per heavy atom. The molecule has 22 heavy (non-hydrogen) atoms. The van der Waals surface area contributed by atoms with Crippen molar-refractivity contribution in [3.8, 4) is 0 Å². The van der Waals surface area contributed by atoms with E-state index in [0.717, 1.165) is 16.6 Å². The largest absolute Gasteiger partial charge is 0.280 e. The van der Waals surface area contributed by atoms with E-state index in [1.165, 1.54) is 0 Å². The summed E-state index contributed by atoms with van der Waals surface area (Å²) in [5.74, 6) is 0. The third kappa shape index (κ3) is 2.78. The van der Waals surface area contributed by atoms with Crippen LogP contribution in [0.15, 0.2) is 53.7 Å². The first-order valence-corrected chi connectivity index (χ1v) is 8.25. The SMILES string of the molecule is Cc1ccc(S(=O)(=O)Nc2ccc3nccnc3c2)cc1C. The number of anilines is 1. The van der Waals surface area contributed by atoms with Crippen LogP contribution in [0.25, 0.3) is 11.0 Å². The van der Waals surface area contributed by atoms with Gasteiger partial charge in [-0.25, -0.2) is 8.42 Å². The predicted octanol–water partition coefficient (Wildman–Crippen LogP) is 3.05. The average molecular weight is 313 g/mol. The van der Waals surface area contributed by atoms with Crippen LogP contribution in [0.1, 0.15) is 11.1 Å². The maximum Gasteiger partial charge on any atom is 0.261 e. The van der Waals surface area contributed by atoms with Gasteiger partial charge in [0.1, 0.15) is 0 Å². The molecule has 6 heteroatoms. The van der Waals surface area contributed by atoms with Gasteiger partial charge in [-0.05, 0) is 55.3 Å². The zero-order valence-corrected chi connectivity index (χ0v) is 13.1. The highest BCUT2D eigenvalue weighted by Crippen LogP contribution is 2.21. The maximum absolute atomic E-state index is 12.5. The number of fused-ring (bicyclic) bond motifs is 1. The summed E-state index contributed by atoms with van der Waals surface area (Å²) in [6.07, 6.45) is 3.17. The van der Waals surface area contributed by atoms with Crippen LogP contribution in [0, 0.1) is 13.8 Å². The molecule has 0 saturated carbocycles. The lowest BCUT2D eigenvalue weighted by atomic mass is 10.1. The smallest absolute Gasteiger partial charge is 0.261 e. The fourth-order valence-electron chi connectivity index (χ4n) is 2.12. The first-order valence-electron chi connectivity index (χ1n) is 6.76. The summed E-state index contributed by atoms with van der Waals surface area (Å²) in [7, 11) is -3.62. The summed E-state index contributed by atoms with van der Waals surface area (Å²) < 4.78 is 27.5. The van der Waals surface area contributed by atoms with Crippen LogP contribution in [0.4, 0.5) is 5.69 Å². The van der Waals surface area contributed by atoms with Gasteiger partial charge in [0, 0.05) is 12.4 Å². The Morgan fingerprint density at radius 1 is 0.864 bits per heavy atom. The topological polar surface area (TPSA) is 72.0 Å². The second kappa shape index (κ2) is 5.38. The third-order valence-corrected chi connectivity index (χ3v) is 4.89. The van der Waals surface area contributed by atoms with E-state index in [-0.39, 0.29) is 4.90 Å². The van der Waals surface area contributed by atoms with Crippen LogP contribution >= 0.6 is 0 Å². The highest BCUT2D eigenvalue weighted by Gasteiger charge is 2.15. The molecule has 5 nitrogen and oxygen atoms in total. The summed E-state index contributed by atoms with van der Waals surface area (Å²) in [4.78, 5) is 8.58. The van der Waals surface area contributed by atoms with E-state index in [9.17, 15) is 8.42 Å². The number of aromatic nitrogens is 2. The molecular formula is C16H15N3O2S. The van der Waals surface area contributed by atoms with Crippen molar-refractivity contribution < 1.29 is 8.42 Å². The molecule has 112 valence electrons. The molecule has 0 amide bonds. The molecule has 3 aromatic rings. The van der Waals surface area contributed by atoms with Gasteiger partial charge in [0.25, 0.3) is 10.0 Å². The number of sulfonamides is 1. The zero-order valence-electron chi connectivity index (χ0n) is 12.2. The molecule has 0 bridgehead atoms. The first kappa shape index (κ1) is 14.5. The molecule has 0 atom stereocenters. The van der Waals surface area contributed by atoms with Crippen molar-refractivity contribution in [1.82, 2.24) is 9.97 Å². The fourth-order valence-corrected chi connectivity index (χ4v) is 3.26. The van der Waals surface area contributed by atoms with Crippen molar-refractivity contribution in [3.63, 3.8) is 0 Å². The quantitative estimate of drug-likeness (QED) is 0.806. The lowest BCUT2D eigenvalue weighted by Gasteiger charge is -2.10. The molecule has 1 aromatic heterocycles. The highest BCUT2D eigenvalue weighted by molar-refractivity contribution is 7.92. The van der Waals surface area contributed by atoms with Crippen LogP contribution < -0.4 is 4.72 Å². The van der Waals surface area contributed by atoms with Crippen LogP contribution in [0.3, 0.4) is 0 Å². The van der Waals surface area contributed by atoms with Gasteiger partial charge in [-0.2, -0.15) is 0 Å². The molecule has 0 fully saturated rings. The van der Waals surface area contributed by atoms with E-state index in [1.807, 2.05) is 13.8 Å². The van der Waals surface area contributed by atoms with E-state index < -0.39 is 10.0 Å². The highest BCUT2D eigenvalue weighted by atomic mass is 32.2. The molecule has 1 N–H and O–H groups in total. The number of hydrogen-bond acceptors (Lipinski definition) is 4. The minimum atomic E-state index is -3.62. The van der Waals surface area contributed by atoms with E-state index in [0.29, 0.717) is 11.2 Å². The number of hydrogen-bond donors (Lipinski definition) is 1. The average Bonchev–Trinajstić information content (AvgIpc) is 2.49. The molecule has 2 aromatic carbocycles. The van der Waals surface area contributed by atoms with Gasteiger partial charge in [-0.3, -0.25) is 14.7 Å². The van der Waals surface area contributed by atoms with Crippen molar-refractivity contribution in [3.05, 3.63) is 59.9 Å². The zero-order chi connectivity index (χ0) is 15.7. The molecule has 0 unspecified atom stereocenters. The van der Waals surface area contributed by atoms with Crippen molar-refractivity contribution in [2.45, 2.75) is 18.7 Å². The molecule has 1 heterocycles. The lowest BCUT2D eigenvalue weighted by Crippen LogP contribution is -2.13. The van der Waals surface area contributed by atoms with Gasteiger partial charge in [0.2, 0.25) is 0 Å². The van der Waals surface area contributed by atoms with Crippen molar-refractivity contribution in [1.29, 1.82) is 0 Å². The number of aryl methyl sites for hydroxylation is 2. The Kier molecular flexibility index (Phi) is 3.54. The third-order valence-electron chi connectivity index (χ3n) is 3.51. The lowest BCUT2D eigenvalue weighted by molar-refractivity contribution is 0.601. The van der Waals surface area contributed by atoms with Gasteiger partial charge in [-0.1, -0.05) is 6.07 Å². The Balaban J connectivity index is 1.97. The summed E-state index contributed by atoms with van der Waals surface area (Å²) in [6, 6.07) is 10.1. The molecular weight excluding hydrogens is 298 g/mol. The number of nitrogens with one attached hydrogen (secondary N) is 1. The Bertz CT molecular complexity index is 953. The van der Waals surface area contributed by atoms with Gasteiger partial charge >= 0.3 is 0 Å². The molecule has 0 saturated heterocycles. The summed E-state index contributed by atoms with van der Waals surface area (Å²) in [5, 5.41) is 0. The van der Waals surface area contributed by atoms with Crippen LogP contribution in [0.5, 0.6) is 0 Å². The number of rotatable bonds is 3. The molecule has 0 aliphatic heterocycles. The second-order valence-electron chi connectivity index (χ2n) is 5.11. The van der Waals surface area contributed by atoms with Gasteiger partial charge < -0.3 is 0 Å². The van der Waals surface area contributed by atoms with Crippen LogP contribution in [-0.4, -0.2) is 18.4 Å². The predicted molar refractivity (Wildman–Crippen MR) is 86.3 cm³/mol. The monoisotopic (exact) mass is 313 g/mol. The number of benzene rings is 2. The van der Waals surface area contributed by atoms with Gasteiger partial charge in [0.15, 0.2) is 0 Å². The molecule has 3 rings (SSSR count). The fraction of sp³-hybridized carbons (Fsp3) is 0.125. The standard InChI is InChI=1S/C16H15N3O2S/c1-11-3-5-14(9-12(11)2)22(20,21)19-13-4-6-15-16(10-13)18-8-7-17-15/h3-10,19H,1-2H3. The minimum Gasteiger partial charge on any atom is -0.280 e. The Morgan fingerprint density at radius 3 is 2.32 bits per heavy atom. The normalized spacial score (nSPS) is 11.5. The van der Waals surface area contributed by atoms with E-state index in [4.69, 9.17) is 0 Å². The Hall–Kier alpha value is -2.47. The van der Waals surface area contributed by atoms with E-state index in [1.54, 1.807) is 48.8 Å².